The molecule has 0 unspecified atom stereocenters. The molecule has 8 nitrogen and oxygen atoms in total. The van der Waals surface area contributed by atoms with Gasteiger partial charge in [0.1, 0.15) is 12.1 Å². The van der Waals surface area contributed by atoms with Gasteiger partial charge in [0.15, 0.2) is 0 Å². The number of pyridine rings is 2. The number of amides is 1. The summed E-state index contributed by atoms with van der Waals surface area (Å²) in [6.07, 6.45) is 8.37. The van der Waals surface area contributed by atoms with Crippen molar-refractivity contribution >= 4 is 22.5 Å². The number of aromatic nitrogens is 4. The van der Waals surface area contributed by atoms with E-state index in [1.165, 1.54) is 9.25 Å². The Morgan fingerprint density at radius 2 is 1.84 bits per heavy atom. The van der Waals surface area contributed by atoms with Crippen LogP contribution in [0.2, 0.25) is 0 Å². The van der Waals surface area contributed by atoms with E-state index in [0.29, 0.717) is 17.3 Å². The Kier molecular flexibility index (Phi) is 4.79. The number of nitriles is 1. The first-order valence-electron chi connectivity index (χ1n) is 10.3. The van der Waals surface area contributed by atoms with E-state index in [2.05, 4.69) is 10.1 Å². The topological polar surface area (TPSA) is 96.8 Å². The van der Waals surface area contributed by atoms with Crippen LogP contribution < -0.4 is 10.5 Å². The van der Waals surface area contributed by atoms with Gasteiger partial charge < -0.3 is 4.90 Å². The van der Waals surface area contributed by atoms with Gasteiger partial charge in [-0.3, -0.25) is 23.8 Å². The zero-order valence-corrected chi connectivity index (χ0v) is 17.5. The molecule has 4 heterocycles. The maximum Gasteiger partial charge on any atom is 0.277 e. The zero-order chi connectivity index (χ0) is 22.2. The summed E-state index contributed by atoms with van der Waals surface area (Å²) in [5, 5.41) is 14.1. The summed E-state index contributed by atoms with van der Waals surface area (Å²) in [5.41, 5.74) is 4.60. The average Bonchev–Trinajstić information content (AvgIpc) is 3.42. The molecule has 158 valence electrons. The third-order valence-corrected chi connectivity index (χ3v) is 5.85. The van der Waals surface area contributed by atoms with Crippen LogP contribution in [0.1, 0.15) is 12.8 Å². The third kappa shape index (κ3) is 3.24. The summed E-state index contributed by atoms with van der Waals surface area (Å²) in [7, 11) is 1.71. The van der Waals surface area contributed by atoms with Gasteiger partial charge in [0, 0.05) is 66.4 Å². The fourth-order valence-electron chi connectivity index (χ4n) is 4.23. The second-order valence-corrected chi connectivity index (χ2v) is 7.82. The summed E-state index contributed by atoms with van der Waals surface area (Å²) >= 11 is 0. The standard InChI is InChI=1S/C24H20N6O2/c1-28-23-20(14-27-28)21(15-29(10-8-25)24(23)32)18-11-17(12-26-13-18)16-4-6-19(7-5-16)30-9-2-3-22(30)31/h4-7,11-15H,2-3,9-10H2,1H3. The summed E-state index contributed by atoms with van der Waals surface area (Å²) < 4.78 is 2.93. The van der Waals surface area contributed by atoms with E-state index in [9.17, 15) is 9.59 Å². The van der Waals surface area contributed by atoms with Crippen LogP contribution in [0.4, 0.5) is 5.69 Å². The number of carbonyl (C=O) groups is 1. The van der Waals surface area contributed by atoms with Gasteiger partial charge >= 0.3 is 0 Å². The van der Waals surface area contributed by atoms with Crippen LogP contribution in [-0.2, 0) is 18.4 Å². The van der Waals surface area contributed by atoms with Crippen LogP contribution in [0.5, 0.6) is 0 Å². The van der Waals surface area contributed by atoms with Crippen LogP contribution >= 0.6 is 0 Å². The van der Waals surface area contributed by atoms with Crippen molar-refractivity contribution in [1.29, 1.82) is 5.26 Å². The molecule has 8 heteroatoms. The van der Waals surface area contributed by atoms with Crippen LogP contribution in [0.25, 0.3) is 33.2 Å². The quantitative estimate of drug-likeness (QED) is 0.501. The van der Waals surface area contributed by atoms with Gasteiger partial charge in [-0.15, -0.1) is 0 Å². The van der Waals surface area contributed by atoms with Crippen molar-refractivity contribution in [1.82, 2.24) is 19.3 Å². The lowest BCUT2D eigenvalue weighted by Gasteiger charge is -2.16. The first kappa shape index (κ1) is 19.7. The normalized spacial score (nSPS) is 13.6. The molecule has 0 saturated carbocycles. The molecule has 1 aliphatic heterocycles. The van der Waals surface area contributed by atoms with Crippen molar-refractivity contribution in [2.24, 2.45) is 7.05 Å². The molecule has 1 fully saturated rings. The van der Waals surface area contributed by atoms with Crippen molar-refractivity contribution in [3.63, 3.8) is 0 Å². The van der Waals surface area contributed by atoms with Crippen molar-refractivity contribution in [2.45, 2.75) is 19.4 Å². The highest BCUT2D eigenvalue weighted by atomic mass is 16.2. The monoisotopic (exact) mass is 424 g/mol. The Balaban J connectivity index is 1.57. The molecule has 0 spiro atoms. The fraction of sp³-hybridized carbons (Fsp3) is 0.208. The Hall–Kier alpha value is -4.25. The summed E-state index contributed by atoms with van der Waals surface area (Å²) in [4.78, 5) is 31.0. The van der Waals surface area contributed by atoms with Gasteiger partial charge in [0.05, 0.1) is 12.3 Å². The largest absolute Gasteiger partial charge is 0.312 e. The lowest BCUT2D eigenvalue weighted by molar-refractivity contribution is -0.117. The van der Waals surface area contributed by atoms with Gasteiger partial charge in [-0.1, -0.05) is 12.1 Å². The number of benzene rings is 1. The molecule has 1 amide bonds. The van der Waals surface area contributed by atoms with E-state index in [4.69, 9.17) is 5.26 Å². The number of aryl methyl sites for hydroxylation is 1. The molecule has 32 heavy (non-hydrogen) atoms. The van der Waals surface area contributed by atoms with E-state index in [1.54, 1.807) is 31.8 Å². The van der Waals surface area contributed by atoms with Gasteiger partial charge in [0.2, 0.25) is 5.91 Å². The van der Waals surface area contributed by atoms with Gasteiger partial charge in [-0.25, -0.2) is 0 Å². The number of nitrogens with zero attached hydrogens (tertiary/aromatic N) is 6. The SMILES string of the molecule is Cn1ncc2c(-c3cncc(-c4ccc(N5CCCC5=O)cc4)c3)cn(CC#N)c(=O)c21. The summed E-state index contributed by atoms with van der Waals surface area (Å²) in [5.74, 6) is 0.161. The lowest BCUT2D eigenvalue weighted by Crippen LogP contribution is -2.23. The molecule has 1 saturated heterocycles. The van der Waals surface area contributed by atoms with E-state index in [-0.39, 0.29) is 18.0 Å². The molecular weight excluding hydrogens is 404 g/mol. The minimum absolute atomic E-state index is 0.0449. The third-order valence-electron chi connectivity index (χ3n) is 5.85. The molecule has 1 aromatic carbocycles. The van der Waals surface area contributed by atoms with Crippen molar-refractivity contribution < 1.29 is 4.79 Å². The van der Waals surface area contributed by atoms with Crippen LogP contribution in [0.15, 0.2) is 59.9 Å². The second-order valence-electron chi connectivity index (χ2n) is 7.82. The second kappa shape index (κ2) is 7.78. The zero-order valence-electron chi connectivity index (χ0n) is 17.5. The molecule has 0 radical (unpaired) electrons. The molecule has 5 rings (SSSR count). The van der Waals surface area contributed by atoms with Crippen molar-refractivity contribution in [2.75, 3.05) is 11.4 Å². The first-order chi connectivity index (χ1) is 15.6. The average molecular weight is 424 g/mol. The number of anilines is 1. The predicted molar refractivity (Wildman–Crippen MR) is 121 cm³/mol. The minimum atomic E-state index is -0.249. The molecule has 0 bridgehead atoms. The predicted octanol–water partition coefficient (Wildman–Crippen LogP) is 3.11. The first-order valence-corrected chi connectivity index (χ1v) is 10.3. The molecular formula is C24H20N6O2. The van der Waals surface area contributed by atoms with Crippen LogP contribution in [0.3, 0.4) is 0 Å². The molecule has 1 aliphatic rings. The molecule has 0 atom stereocenters. The molecule has 0 N–H and O–H groups in total. The van der Waals surface area contributed by atoms with Gasteiger partial charge in [-0.05, 0) is 30.2 Å². The van der Waals surface area contributed by atoms with Gasteiger partial charge in [-0.2, -0.15) is 10.4 Å². The van der Waals surface area contributed by atoms with E-state index < -0.39 is 0 Å². The van der Waals surface area contributed by atoms with Crippen LogP contribution in [0, 0.1) is 11.3 Å². The Bertz CT molecular complexity index is 1440. The Morgan fingerprint density at radius 1 is 1.06 bits per heavy atom. The molecule has 4 aromatic rings. The maximum absolute atomic E-state index is 12.7. The number of carbonyl (C=O) groups excluding carboxylic acids is 1. The maximum atomic E-state index is 12.7. The van der Waals surface area contributed by atoms with Crippen molar-refractivity contribution in [3.05, 3.63) is 65.5 Å². The van der Waals surface area contributed by atoms with Crippen molar-refractivity contribution in [3.8, 4) is 28.3 Å². The molecule has 0 aliphatic carbocycles. The summed E-state index contributed by atoms with van der Waals surface area (Å²) in [6.45, 7) is 0.714. The number of hydrogen-bond acceptors (Lipinski definition) is 5. The Morgan fingerprint density at radius 3 is 2.56 bits per heavy atom. The Labute approximate surface area is 184 Å². The highest BCUT2D eigenvalue weighted by Gasteiger charge is 2.21. The number of hydrogen-bond donors (Lipinski definition) is 0. The fourth-order valence-corrected chi connectivity index (χ4v) is 4.23. The smallest absolute Gasteiger partial charge is 0.277 e. The van der Waals surface area contributed by atoms with E-state index in [0.717, 1.165) is 40.9 Å². The van der Waals surface area contributed by atoms with E-state index in [1.807, 2.05) is 41.3 Å². The number of rotatable bonds is 4. The van der Waals surface area contributed by atoms with Crippen LogP contribution in [-0.4, -0.2) is 31.8 Å². The minimum Gasteiger partial charge on any atom is -0.312 e. The lowest BCUT2D eigenvalue weighted by atomic mass is 10.0. The highest BCUT2D eigenvalue weighted by molar-refractivity contribution is 5.96. The van der Waals surface area contributed by atoms with Gasteiger partial charge in [0.25, 0.3) is 5.56 Å². The van der Waals surface area contributed by atoms with E-state index >= 15 is 0 Å². The number of fused-ring (bicyclic) bond motifs is 1. The molecule has 3 aromatic heterocycles. The highest BCUT2D eigenvalue weighted by Crippen LogP contribution is 2.31. The summed E-state index contributed by atoms with van der Waals surface area (Å²) in [6, 6.07) is 11.9.